The number of aromatic hydroxyl groups is 2. The molecular formula is C29H23BrCl2N2O9. The van der Waals surface area contributed by atoms with Gasteiger partial charge in [0, 0.05) is 23.6 Å². The number of aromatic carboxylic acids is 1. The summed E-state index contributed by atoms with van der Waals surface area (Å²) in [6, 6.07) is 7.63. The fourth-order valence-electron chi connectivity index (χ4n) is 7.13. The molecule has 224 valence electrons. The summed E-state index contributed by atoms with van der Waals surface area (Å²) in [5.74, 6) is -8.37. The standard InChI is InChI=1S/C29H23BrCl2N2O9/c1-43-20-9-13(35)3-5-16(20)22-14-6-7-17-21(18(14)10-28(31)26(41)33(11-30)27(42)29(22,28)32)24(38)34(23(17)37)12-2-4-15(25(39)40)19(36)8-12/h2-6,8-9,17-18,21-22,35-36H,7,10-11H2,1H3,(H,39,40). The largest absolute Gasteiger partial charge is 0.508 e. The van der Waals surface area contributed by atoms with E-state index in [0.717, 1.165) is 21.9 Å². The summed E-state index contributed by atoms with van der Waals surface area (Å²) in [5, 5.41) is 29.7. The third-order valence-electron chi connectivity index (χ3n) is 9.01. The van der Waals surface area contributed by atoms with E-state index in [1.807, 2.05) is 0 Å². The zero-order valence-electron chi connectivity index (χ0n) is 22.3. The van der Waals surface area contributed by atoms with E-state index in [1.54, 1.807) is 6.08 Å². The number of benzene rings is 2. The number of halogens is 3. The first kappa shape index (κ1) is 29.5. The van der Waals surface area contributed by atoms with Crippen LogP contribution in [0.5, 0.6) is 17.2 Å². The summed E-state index contributed by atoms with van der Waals surface area (Å²) in [4.78, 5) is 64.5. The molecule has 3 N–H and O–H groups in total. The quantitative estimate of drug-likeness (QED) is 0.183. The Kier molecular flexibility index (Phi) is 6.83. The Bertz CT molecular complexity index is 1680. The number of allylic oxidation sites excluding steroid dienone is 2. The Morgan fingerprint density at radius 3 is 2.40 bits per heavy atom. The number of imide groups is 2. The van der Waals surface area contributed by atoms with Crippen molar-refractivity contribution in [3.63, 3.8) is 0 Å². The number of carboxylic acid groups (broad SMARTS) is 1. The van der Waals surface area contributed by atoms with Crippen molar-refractivity contribution < 1.29 is 44.0 Å². The number of phenolic OH excluding ortho intramolecular Hbond substituents is 1. The van der Waals surface area contributed by atoms with Crippen LogP contribution in [0, 0.1) is 17.8 Å². The topological polar surface area (TPSA) is 162 Å². The maximum absolute atomic E-state index is 14.1. The van der Waals surface area contributed by atoms with E-state index < -0.39 is 74.3 Å². The first-order valence-electron chi connectivity index (χ1n) is 13.1. The van der Waals surface area contributed by atoms with Gasteiger partial charge < -0.3 is 20.1 Å². The number of amides is 4. The lowest BCUT2D eigenvalue weighted by atomic mass is 9.56. The molecule has 3 fully saturated rings. The average Bonchev–Trinajstić information content (AvgIpc) is 3.30. The molecule has 11 nitrogen and oxygen atoms in total. The SMILES string of the molecule is COc1cc(O)ccc1C1C2=CCC3C(=O)N(c4ccc(C(=O)O)c(O)c4)C(=O)C3C2CC2(Cl)C(=O)N(CBr)C(=O)C12Cl. The van der Waals surface area contributed by atoms with Crippen LogP contribution in [0.25, 0.3) is 0 Å². The Morgan fingerprint density at radius 2 is 1.77 bits per heavy atom. The summed E-state index contributed by atoms with van der Waals surface area (Å²) in [6.45, 7) is 0. The van der Waals surface area contributed by atoms with Gasteiger partial charge in [0.15, 0.2) is 9.75 Å². The van der Waals surface area contributed by atoms with Crippen LogP contribution >= 0.6 is 39.1 Å². The third-order valence-corrected chi connectivity index (χ3v) is 10.9. The number of carbonyl (C=O) groups is 5. The summed E-state index contributed by atoms with van der Waals surface area (Å²) >= 11 is 17.6. The van der Waals surface area contributed by atoms with Crippen molar-refractivity contribution >= 4 is 74.4 Å². The van der Waals surface area contributed by atoms with Crippen molar-refractivity contribution in [2.45, 2.75) is 28.5 Å². The van der Waals surface area contributed by atoms with Gasteiger partial charge in [-0.2, -0.15) is 0 Å². The molecule has 43 heavy (non-hydrogen) atoms. The molecule has 0 bridgehead atoms. The lowest BCUT2D eigenvalue weighted by molar-refractivity contribution is -0.138. The number of hydrogen-bond donors (Lipinski definition) is 3. The normalized spacial score (nSPS) is 31.5. The molecule has 2 saturated heterocycles. The number of nitrogens with zero attached hydrogens (tertiary/aromatic N) is 2. The molecule has 2 aliphatic carbocycles. The molecule has 2 aromatic rings. The second-order valence-electron chi connectivity index (χ2n) is 10.9. The third kappa shape index (κ3) is 3.82. The van der Waals surface area contributed by atoms with Crippen LogP contribution in [0.1, 0.15) is 34.7 Å². The monoisotopic (exact) mass is 692 g/mol. The second-order valence-corrected chi connectivity index (χ2v) is 12.7. The highest BCUT2D eigenvalue weighted by atomic mass is 79.9. The molecule has 0 radical (unpaired) electrons. The van der Waals surface area contributed by atoms with Crippen molar-refractivity contribution in [3.8, 4) is 17.2 Å². The van der Waals surface area contributed by atoms with E-state index in [-0.39, 0.29) is 35.5 Å². The molecule has 0 aromatic heterocycles. The van der Waals surface area contributed by atoms with E-state index >= 15 is 0 Å². The van der Waals surface area contributed by atoms with Crippen molar-refractivity contribution in [2.24, 2.45) is 17.8 Å². The van der Waals surface area contributed by atoms with Gasteiger partial charge in [0.1, 0.15) is 22.8 Å². The van der Waals surface area contributed by atoms with Crippen LogP contribution in [0.4, 0.5) is 5.69 Å². The zero-order chi connectivity index (χ0) is 31.2. The molecule has 6 unspecified atom stereocenters. The molecule has 6 atom stereocenters. The number of alkyl halides is 3. The molecule has 2 aromatic carbocycles. The van der Waals surface area contributed by atoms with Crippen molar-refractivity contribution in [1.29, 1.82) is 0 Å². The van der Waals surface area contributed by atoms with Crippen LogP contribution in [-0.4, -0.2) is 72.1 Å². The minimum Gasteiger partial charge on any atom is -0.508 e. The van der Waals surface area contributed by atoms with Crippen LogP contribution in [0.3, 0.4) is 0 Å². The molecule has 4 amide bonds. The number of phenols is 2. The van der Waals surface area contributed by atoms with Gasteiger partial charge in [-0.3, -0.25) is 24.1 Å². The van der Waals surface area contributed by atoms with Crippen LogP contribution in [-0.2, 0) is 19.2 Å². The van der Waals surface area contributed by atoms with E-state index in [9.17, 15) is 39.3 Å². The Morgan fingerprint density at radius 1 is 1.05 bits per heavy atom. The van der Waals surface area contributed by atoms with Crippen LogP contribution in [0.2, 0.25) is 0 Å². The number of methoxy groups -OCH3 is 1. The van der Waals surface area contributed by atoms with Gasteiger partial charge in [0.2, 0.25) is 11.8 Å². The molecule has 2 aliphatic heterocycles. The molecule has 0 spiro atoms. The van der Waals surface area contributed by atoms with Crippen LogP contribution < -0.4 is 9.64 Å². The first-order chi connectivity index (χ1) is 20.3. The molecule has 6 rings (SSSR count). The maximum Gasteiger partial charge on any atom is 0.339 e. The lowest BCUT2D eigenvalue weighted by Gasteiger charge is -2.50. The van der Waals surface area contributed by atoms with E-state index in [0.29, 0.717) is 11.1 Å². The number of likely N-dealkylation sites (tertiary alicyclic amines) is 1. The maximum atomic E-state index is 14.1. The van der Waals surface area contributed by atoms with E-state index in [4.69, 9.17) is 27.9 Å². The molecular weight excluding hydrogens is 671 g/mol. The smallest absolute Gasteiger partial charge is 0.339 e. The van der Waals surface area contributed by atoms with Gasteiger partial charge in [-0.25, -0.2) is 9.69 Å². The number of hydrogen-bond acceptors (Lipinski definition) is 8. The Balaban J connectivity index is 1.51. The van der Waals surface area contributed by atoms with E-state index in [2.05, 4.69) is 15.9 Å². The van der Waals surface area contributed by atoms with Crippen molar-refractivity contribution in [1.82, 2.24) is 4.90 Å². The summed E-state index contributed by atoms with van der Waals surface area (Å²) in [6.07, 6.45) is 1.62. The number of rotatable bonds is 5. The number of fused-ring (bicyclic) bond motifs is 4. The molecule has 14 heteroatoms. The van der Waals surface area contributed by atoms with Gasteiger partial charge >= 0.3 is 5.97 Å². The second kappa shape index (κ2) is 9.96. The average molecular weight is 694 g/mol. The highest BCUT2D eigenvalue weighted by Crippen LogP contribution is 2.66. The Labute approximate surface area is 262 Å². The predicted molar refractivity (Wildman–Crippen MR) is 156 cm³/mol. The lowest BCUT2D eigenvalue weighted by Crippen LogP contribution is -2.60. The zero-order valence-corrected chi connectivity index (χ0v) is 25.4. The van der Waals surface area contributed by atoms with Gasteiger partial charge in [-0.05, 0) is 37.0 Å². The fourth-order valence-corrected chi connectivity index (χ4v) is 8.55. The summed E-state index contributed by atoms with van der Waals surface area (Å²) in [5.41, 5.74) is 0.303. The van der Waals surface area contributed by atoms with Gasteiger partial charge in [-0.1, -0.05) is 33.6 Å². The molecule has 1 saturated carbocycles. The summed E-state index contributed by atoms with van der Waals surface area (Å²) in [7, 11) is 1.37. The number of carboxylic acids is 1. The van der Waals surface area contributed by atoms with Crippen LogP contribution in [0.15, 0.2) is 48.0 Å². The van der Waals surface area contributed by atoms with Crippen molar-refractivity contribution in [2.75, 3.05) is 17.5 Å². The van der Waals surface area contributed by atoms with E-state index in [1.165, 1.54) is 31.4 Å². The predicted octanol–water partition coefficient (Wildman–Crippen LogP) is 3.72. The number of ether oxygens (including phenoxy) is 1. The molecule has 2 heterocycles. The minimum atomic E-state index is -2.04. The number of anilines is 1. The van der Waals surface area contributed by atoms with Gasteiger partial charge in [-0.15, -0.1) is 23.2 Å². The number of carbonyl (C=O) groups excluding carboxylic acids is 4. The fraction of sp³-hybridized carbons (Fsp3) is 0.345. The van der Waals surface area contributed by atoms with Gasteiger partial charge in [0.25, 0.3) is 11.8 Å². The Hall–Kier alpha value is -3.61. The first-order valence-corrected chi connectivity index (χ1v) is 15.0. The minimum absolute atomic E-state index is 0.00845. The summed E-state index contributed by atoms with van der Waals surface area (Å²) < 4.78 is 5.54. The molecule has 4 aliphatic rings. The highest BCUT2D eigenvalue weighted by molar-refractivity contribution is 9.09. The van der Waals surface area contributed by atoms with Gasteiger partial charge in [0.05, 0.1) is 30.1 Å². The van der Waals surface area contributed by atoms with Crippen molar-refractivity contribution in [3.05, 3.63) is 59.2 Å². The highest BCUT2D eigenvalue weighted by Gasteiger charge is 2.76.